The van der Waals surface area contributed by atoms with Crippen LogP contribution >= 0.6 is 0 Å². The van der Waals surface area contributed by atoms with Crippen LogP contribution < -0.4 is 21.3 Å². The highest BCUT2D eigenvalue weighted by Gasteiger charge is 2.21. The Morgan fingerprint density at radius 3 is 2.83 bits per heavy atom. The summed E-state index contributed by atoms with van der Waals surface area (Å²) < 4.78 is 34.2. The average Bonchev–Trinajstić information content (AvgIpc) is 3.34. The van der Waals surface area contributed by atoms with E-state index in [2.05, 4.69) is 30.0 Å². The van der Waals surface area contributed by atoms with Gasteiger partial charge in [0.15, 0.2) is 17.2 Å². The summed E-state index contributed by atoms with van der Waals surface area (Å²) >= 11 is 0. The summed E-state index contributed by atoms with van der Waals surface area (Å²) in [5.74, 6) is -2.19. The van der Waals surface area contributed by atoms with Crippen molar-refractivity contribution in [2.45, 2.75) is 18.9 Å². The van der Waals surface area contributed by atoms with E-state index in [0.29, 0.717) is 5.22 Å². The van der Waals surface area contributed by atoms with E-state index in [1.165, 1.54) is 16.8 Å². The van der Waals surface area contributed by atoms with Gasteiger partial charge in [-0.15, -0.1) is 0 Å². The molecule has 0 saturated heterocycles. The number of imidazole rings is 1. The van der Waals surface area contributed by atoms with Crippen molar-refractivity contribution in [2.75, 3.05) is 0 Å². The lowest BCUT2D eigenvalue weighted by Crippen LogP contribution is -2.23. The summed E-state index contributed by atoms with van der Waals surface area (Å²) in [6.45, 7) is 0. The molecule has 0 aliphatic heterocycles. The molecular formula is C18H13F2N7O3. The van der Waals surface area contributed by atoms with E-state index >= 15 is 0 Å². The maximum absolute atomic E-state index is 14.0. The number of hydrogen-bond donors (Lipinski definition) is 3. The molecule has 3 N–H and O–H groups in total. The molecule has 1 aliphatic rings. The van der Waals surface area contributed by atoms with Crippen LogP contribution in [0.2, 0.25) is 0 Å². The third kappa shape index (κ3) is 3.38. The zero-order chi connectivity index (χ0) is 20.8. The van der Waals surface area contributed by atoms with E-state index < -0.39 is 17.3 Å². The predicted molar refractivity (Wildman–Crippen MR) is 97.7 cm³/mol. The van der Waals surface area contributed by atoms with Gasteiger partial charge in [-0.05, 0) is 31.1 Å². The summed E-state index contributed by atoms with van der Waals surface area (Å²) in [7, 11) is 0. The van der Waals surface area contributed by atoms with Crippen LogP contribution in [-0.4, -0.2) is 40.7 Å². The number of benzene rings is 1. The maximum atomic E-state index is 14.0. The molecule has 1 aromatic carbocycles. The summed E-state index contributed by atoms with van der Waals surface area (Å²) in [6, 6.07) is 2.61. The highest BCUT2D eigenvalue weighted by Crippen LogP contribution is 2.24. The topological polar surface area (TPSA) is 134 Å². The maximum Gasteiger partial charge on any atom is 0.327 e. The van der Waals surface area contributed by atoms with Gasteiger partial charge in [0.1, 0.15) is 11.5 Å². The van der Waals surface area contributed by atoms with Gasteiger partial charge in [0, 0.05) is 11.3 Å². The van der Waals surface area contributed by atoms with E-state index in [1.807, 2.05) is 0 Å². The Morgan fingerprint density at radius 1 is 1.27 bits per heavy atom. The summed E-state index contributed by atoms with van der Waals surface area (Å²) in [5.41, 5.74) is -0.0499. The second-order valence-electron chi connectivity index (χ2n) is 6.66. The molecule has 1 fully saturated rings. The molecule has 1 saturated carbocycles. The Hall–Kier alpha value is -4.09. The Balaban J connectivity index is 1.69. The lowest BCUT2D eigenvalue weighted by molar-refractivity contribution is 0.402. The standard InChI is InChI=1S/C18H13F2N7O3/c19-9-1-4-11(20)13(6-9)30-18-24-14-8(5-12-15(28)25-17(29)23-12)7-21-27(14)16(26-18)22-10-2-3-10/h1,4-7,10,28H,2-3H2,(H2,23,25,29)/b8-5-,22-16?. The van der Waals surface area contributed by atoms with E-state index in [-0.39, 0.29) is 40.6 Å². The summed E-state index contributed by atoms with van der Waals surface area (Å²) in [6.07, 6.45) is 4.68. The smallest absolute Gasteiger partial charge is 0.327 e. The van der Waals surface area contributed by atoms with Crippen molar-refractivity contribution in [3.05, 3.63) is 63.0 Å². The quantitative estimate of drug-likeness (QED) is 0.447. The van der Waals surface area contributed by atoms with Crippen molar-refractivity contribution < 1.29 is 18.6 Å². The SMILES string of the molecule is O=c1[nH]c(O)c(/C=c2/cnn3c(=NC4CC4)nc(Oc4cc(F)ccc4F)nc23)[nH]1. The molecule has 152 valence electrons. The van der Waals surface area contributed by atoms with Gasteiger partial charge < -0.3 is 14.8 Å². The van der Waals surface area contributed by atoms with Crippen LogP contribution in [-0.2, 0) is 0 Å². The third-order valence-electron chi connectivity index (χ3n) is 4.33. The van der Waals surface area contributed by atoms with Crippen LogP contribution in [0.25, 0.3) is 11.7 Å². The minimum absolute atomic E-state index is 0.0866. The van der Waals surface area contributed by atoms with Crippen LogP contribution in [0.5, 0.6) is 17.6 Å². The van der Waals surface area contributed by atoms with Gasteiger partial charge in [-0.2, -0.15) is 19.6 Å². The van der Waals surface area contributed by atoms with Crippen LogP contribution in [0.15, 0.2) is 34.2 Å². The largest absolute Gasteiger partial charge is 0.493 e. The number of hydrogen-bond acceptors (Lipinski definition) is 7. The number of nitrogens with one attached hydrogen (secondary N) is 2. The van der Waals surface area contributed by atoms with Gasteiger partial charge >= 0.3 is 11.7 Å². The fourth-order valence-corrected chi connectivity index (χ4v) is 2.76. The van der Waals surface area contributed by atoms with Gasteiger partial charge in [-0.25, -0.2) is 18.6 Å². The number of ether oxygens (including phenoxy) is 1. The molecule has 5 rings (SSSR count). The summed E-state index contributed by atoms with van der Waals surface area (Å²) in [4.78, 5) is 28.9. The van der Waals surface area contributed by atoms with Gasteiger partial charge in [0.05, 0.1) is 12.2 Å². The van der Waals surface area contributed by atoms with Gasteiger partial charge in [-0.1, -0.05) is 0 Å². The minimum atomic E-state index is -0.782. The molecule has 0 bridgehead atoms. The normalized spacial score (nSPS) is 15.3. The molecule has 0 spiro atoms. The number of aromatic amines is 2. The number of H-pyrrole nitrogens is 2. The van der Waals surface area contributed by atoms with Gasteiger partial charge in [0.2, 0.25) is 5.88 Å². The number of rotatable bonds is 4. The first-order valence-electron chi connectivity index (χ1n) is 8.92. The fraction of sp³-hybridized carbons (Fsp3) is 0.167. The van der Waals surface area contributed by atoms with E-state index in [4.69, 9.17) is 4.74 Å². The molecule has 1 aliphatic carbocycles. The zero-order valence-corrected chi connectivity index (χ0v) is 15.1. The highest BCUT2D eigenvalue weighted by atomic mass is 19.1. The zero-order valence-electron chi connectivity index (χ0n) is 15.1. The lowest BCUT2D eigenvalue weighted by Gasteiger charge is -2.05. The monoisotopic (exact) mass is 413 g/mol. The first-order chi connectivity index (χ1) is 14.5. The number of aromatic hydroxyl groups is 1. The van der Waals surface area contributed by atoms with Crippen LogP contribution in [0.3, 0.4) is 0 Å². The Morgan fingerprint density at radius 2 is 2.10 bits per heavy atom. The Bertz CT molecular complexity index is 1450. The fourth-order valence-electron chi connectivity index (χ4n) is 2.76. The molecule has 4 aromatic rings. The van der Waals surface area contributed by atoms with E-state index in [9.17, 15) is 18.7 Å². The van der Waals surface area contributed by atoms with Crippen molar-refractivity contribution in [1.82, 2.24) is 29.5 Å². The molecule has 30 heavy (non-hydrogen) atoms. The number of nitrogens with zero attached hydrogens (tertiary/aromatic N) is 5. The second-order valence-corrected chi connectivity index (χ2v) is 6.66. The molecule has 3 heterocycles. The third-order valence-corrected chi connectivity index (χ3v) is 4.33. The number of halogens is 2. The minimum Gasteiger partial charge on any atom is -0.493 e. The van der Waals surface area contributed by atoms with E-state index in [0.717, 1.165) is 31.0 Å². The molecule has 10 nitrogen and oxygen atoms in total. The molecule has 0 amide bonds. The Labute approximate surface area is 165 Å². The molecule has 12 heteroatoms. The lowest BCUT2D eigenvalue weighted by atomic mass is 10.3. The second kappa shape index (κ2) is 6.76. The van der Waals surface area contributed by atoms with Crippen LogP contribution in [0.1, 0.15) is 18.5 Å². The number of fused-ring (bicyclic) bond motifs is 1. The van der Waals surface area contributed by atoms with Crippen molar-refractivity contribution in [3.63, 3.8) is 0 Å². The molecule has 0 atom stereocenters. The van der Waals surface area contributed by atoms with Crippen molar-refractivity contribution in [2.24, 2.45) is 4.99 Å². The van der Waals surface area contributed by atoms with Crippen molar-refractivity contribution in [3.8, 4) is 17.6 Å². The Kier molecular flexibility index (Phi) is 4.05. The molecule has 0 unspecified atom stereocenters. The predicted octanol–water partition coefficient (Wildman–Crippen LogP) is 0.528. The average molecular weight is 413 g/mol. The van der Waals surface area contributed by atoms with Crippen molar-refractivity contribution in [1.29, 1.82) is 0 Å². The molecular weight excluding hydrogens is 400 g/mol. The van der Waals surface area contributed by atoms with Crippen LogP contribution in [0, 0.1) is 11.6 Å². The van der Waals surface area contributed by atoms with Crippen LogP contribution in [0.4, 0.5) is 8.78 Å². The van der Waals surface area contributed by atoms with Crippen molar-refractivity contribution >= 4 is 11.7 Å². The summed E-state index contributed by atoms with van der Waals surface area (Å²) in [5, 5.41) is 14.4. The number of aromatic nitrogens is 6. The first-order valence-corrected chi connectivity index (χ1v) is 8.92. The molecule has 3 aromatic heterocycles. The van der Waals surface area contributed by atoms with Gasteiger partial charge in [0.25, 0.3) is 5.62 Å². The molecule has 0 radical (unpaired) electrons. The van der Waals surface area contributed by atoms with Gasteiger partial charge in [-0.3, -0.25) is 4.98 Å². The first kappa shape index (κ1) is 18.0. The highest BCUT2D eigenvalue weighted by molar-refractivity contribution is 5.56. The van der Waals surface area contributed by atoms with E-state index in [1.54, 1.807) is 0 Å².